The zero-order valence-corrected chi connectivity index (χ0v) is 17.8. The fourth-order valence-corrected chi connectivity index (χ4v) is 4.72. The van der Waals surface area contributed by atoms with Crippen LogP contribution >= 0.6 is 0 Å². The first-order valence-corrected chi connectivity index (χ1v) is 10.9. The third kappa shape index (κ3) is 3.53. The quantitative estimate of drug-likeness (QED) is 0.460. The van der Waals surface area contributed by atoms with Crippen molar-refractivity contribution in [3.05, 3.63) is 58.7 Å². The van der Waals surface area contributed by atoms with Crippen LogP contribution in [0.5, 0.6) is 5.75 Å². The lowest BCUT2D eigenvalue weighted by Gasteiger charge is -2.26. The van der Waals surface area contributed by atoms with E-state index in [0.29, 0.717) is 36.1 Å². The summed E-state index contributed by atoms with van der Waals surface area (Å²) in [6.45, 7) is 0. The summed E-state index contributed by atoms with van der Waals surface area (Å²) in [4.78, 5) is 13.1. The number of aliphatic hydroxyl groups excluding tert-OH is 1. The highest BCUT2D eigenvalue weighted by atomic mass is 16.5. The summed E-state index contributed by atoms with van der Waals surface area (Å²) in [5.41, 5.74) is 6.93. The molecule has 162 valence electrons. The molecule has 0 saturated heterocycles. The smallest absolute Gasteiger partial charge is 0.255 e. The van der Waals surface area contributed by atoms with E-state index in [1.54, 1.807) is 19.2 Å². The van der Waals surface area contributed by atoms with Gasteiger partial charge in [0.25, 0.3) is 5.91 Å². The number of nitrogens with one attached hydrogen (secondary N) is 2. The largest absolute Gasteiger partial charge is 0.496 e. The second-order valence-corrected chi connectivity index (χ2v) is 8.48. The molecule has 1 aromatic heterocycles. The Morgan fingerprint density at radius 3 is 2.66 bits per heavy atom. The van der Waals surface area contributed by atoms with Crippen LogP contribution in [0.25, 0.3) is 22.5 Å². The molecule has 7 nitrogen and oxygen atoms in total. The van der Waals surface area contributed by atoms with Gasteiger partial charge in [-0.3, -0.25) is 9.89 Å². The van der Waals surface area contributed by atoms with Crippen LogP contribution in [0, 0.1) is 11.3 Å². The summed E-state index contributed by atoms with van der Waals surface area (Å²) >= 11 is 0. The van der Waals surface area contributed by atoms with Crippen LogP contribution in [-0.4, -0.2) is 40.5 Å². The van der Waals surface area contributed by atoms with E-state index in [1.165, 1.54) is 0 Å². The number of rotatable bonds is 4. The first-order valence-electron chi connectivity index (χ1n) is 10.9. The third-order valence-corrected chi connectivity index (χ3v) is 6.49. The fourth-order valence-electron chi connectivity index (χ4n) is 4.72. The van der Waals surface area contributed by atoms with E-state index in [2.05, 4.69) is 21.6 Å². The molecule has 3 aromatic rings. The minimum atomic E-state index is -0.262. The number of aromatic amines is 1. The van der Waals surface area contributed by atoms with E-state index in [1.807, 2.05) is 24.3 Å². The van der Waals surface area contributed by atoms with Crippen molar-refractivity contribution in [2.45, 2.75) is 44.2 Å². The fraction of sp³-hybridized carbons (Fsp3) is 0.320. The summed E-state index contributed by atoms with van der Waals surface area (Å²) in [6, 6.07) is 13.4. The van der Waals surface area contributed by atoms with Gasteiger partial charge in [0.1, 0.15) is 5.75 Å². The summed E-state index contributed by atoms with van der Waals surface area (Å²) in [5.74, 6) is 0.390. The van der Waals surface area contributed by atoms with Crippen LogP contribution in [0.1, 0.15) is 52.7 Å². The van der Waals surface area contributed by atoms with E-state index in [4.69, 9.17) is 10.00 Å². The number of carbonyl (C=O) groups is 1. The molecule has 32 heavy (non-hydrogen) atoms. The minimum Gasteiger partial charge on any atom is -0.496 e. The maximum Gasteiger partial charge on any atom is 0.255 e. The highest BCUT2D eigenvalue weighted by Gasteiger charge is 2.29. The molecule has 5 rings (SSSR count). The normalized spacial score (nSPS) is 19.0. The Bertz CT molecular complexity index is 1220. The van der Waals surface area contributed by atoms with Crippen molar-refractivity contribution >= 4 is 5.91 Å². The van der Waals surface area contributed by atoms with Gasteiger partial charge in [-0.25, -0.2) is 0 Å². The number of nitrogens with zero attached hydrogens (tertiary/aromatic N) is 2. The van der Waals surface area contributed by atoms with Crippen molar-refractivity contribution in [3.63, 3.8) is 0 Å². The van der Waals surface area contributed by atoms with E-state index in [0.717, 1.165) is 46.5 Å². The number of ether oxygens (including phenoxy) is 1. The Hall–Kier alpha value is -3.63. The number of H-pyrrole nitrogens is 1. The second-order valence-electron chi connectivity index (χ2n) is 8.48. The van der Waals surface area contributed by atoms with E-state index in [-0.39, 0.29) is 18.1 Å². The molecular weight excluding hydrogens is 404 g/mol. The van der Waals surface area contributed by atoms with Gasteiger partial charge in [-0.1, -0.05) is 12.1 Å². The first kappa shape index (κ1) is 20.3. The van der Waals surface area contributed by atoms with Crippen molar-refractivity contribution in [1.82, 2.24) is 15.5 Å². The van der Waals surface area contributed by atoms with Crippen LogP contribution in [0.2, 0.25) is 0 Å². The summed E-state index contributed by atoms with van der Waals surface area (Å²) in [6.07, 6.45) is 3.40. The molecule has 7 heteroatoms. The Morgan fingerprint density at radius 2 is 1.97 bits per heavy atom. The van der Waals surface area contributed by atoms with Gasteiger partial charge in [-0.15, -0.1) is 0 Å². The molecule has 2 aliphatic carbocycles. The Morgan fingerprint density at radius 1 is 1.22 bits per heavy atom. The van der Waals surface area contributed by atoms with Crippen molar-refractivity contribution in [3.8, 4) is 34.3 Å². The number of aliphatic hydroxyl groups is 1. The minimum absolute atomic E-state index is 0.0644. The van der Waals surface area contributed by atoms with E-state index >= 15 is 0 Å². The molecule has 0 spiro atoms. The van der Waals surface area contributed by atoms with Crippen molar-refractivity contribution in [2.24, 2.45) is 0 Å². The molecule has 0 bridgehead atoms. The predicted octanol–water partition coefficient (Wildman–Crippen LogP) is 3.56. The molecule has 0 aliphatic heterocycles. The standard InChI is InChI=1S/C25H24N4O3/c1-32-22-11-16-10-21-23(15-4-2-14(13-26)3-5-15)28-29-24(21)19(16)12-20(22)25(31)27-17-6-8-18(30)9-7-17/h2-5,11-12,17-18,30H,6-10H2,1H3,(H,27,31)(H,28,29). The zero-order valence-electron chi connectivity index (χ0n) is 17.8. The molecule has 3 N–H and O–H groups in total. The lowest BCUT2D eigenvalue weighted by molar-refractivity contribution is 0.0865. The van der Waals surface area contributed by atoms with Crippen LogP contribution in [-0.2, 0) is 6.42 Å². The summed E-state index contributed by atoms with van der Waals surface area (Å²) in [5, 5.41) is 29.5. The van der Waals surface area contributed by atoms with Gasteiger partial charge in [0.05, 0.1) is 41.8 Å². The van der Waals surface area contributed by atoms with Crippen molar-refractivity contribution in [2.75, 3.05) is 7.11 Å². The lowest BCUT2D eigenvalue weighted by atomic mass is 9.93. The van der Waals surface area contributed by atoms with E-state index in [9.17, 15) is 9.90 Å². The van der Waals surface area contributed by atoms with Gasteiger partial charge in [0.15, 0.2) is 0 Å². The zero-order chi connectivity index (χ0) is 22.2. The van der Waals surface area contributed by atoms with Crippen LogP contribution in [0.4, 0.5) is 0 Å². The average molecular weight is 428 g/mol. The maximum atomic E-state index is 13.1. The van der Waals surface area contributed by atoms with Crippen molar-refractivity contribution < 1.29 is 14.6 Å². The number of methoxy groups -OCH3 is 1. The lowest BCUT2D eigenvalue weighted by Crippen LogP contribution is -2.38. The van der Waals surface area contributed by atoms with Gasteiger partial charge in [0.2, 0.25) is 0 Å². The molecule has 0 unspecified atom stereocenters. The van der Waals surface area contributed by atoms with Crippen LogP contribution in [0.3, 0.4) is 0 Å². The highest BCUT2D eigenvalue weighted by Crippen LogP contribution is 2.42. The van der Waals surface area contributed by atoms with Crippen molar-refractivity contribution in [1.29, 1.82) is 5.26 Å². The molecule has 2 aliphatic rings. The van der Waals surface area contributed by atoms with E-state index < -0.39 is 0 Å². The first-order chi connectivity index (χ1) is 15.6. The van der Waals surface area contributed by atoms with Crippen LogP contribution < -0.4 is 10.1 Å². The molecular formula is C25H24N4O3. The van der Waals surface area contributed by atoms with Gasteiger partial charge in [-0.05, 0) is 55.5 Å². The number of aromatic nitrogens is 2. The summed E-state index contributed by atoms with van der Waals surface area (Å²) < 4.78 is 5.56. The second kappa shape index (κ2) is 8.13. The van der Waals surface area contributed by atoms with Gasteiger partial charge in [0, 0.05) is 29.2 Å². The molecule has 1 fully saturated rings. The molecule has 0 radical (unpaired) electrons. The third-order valence-electron chi connectivity index (χ3n) is 6.49. The van der Waals surface area contributed by atoms with Gasteiger partial charge >= 0.3 is 0 Å². The Kier molecular flexibility index (Phi) is 5.16. The molecule has 1 heterocycles. The SMILES string of the molecule is COc1cc2c(cc1C(=O)NC1CCC(O)CC1)-c1[nH]nc(-c3ccc(C#N)cc3)c1C2. The molecule has 0 atom stereocenters. The highest BCUT2D eigenvalue weighted by molar-refractivity contribution is 5.99. The number of benzene rings is 2. The number of hydrogen-bond acceptors (Lipinski definition) is 5. The maximum absolute atomic E-state index is 13.1. The number of hydrogen-bond donors (Lipinski definition) is 3. The Balaban J connectivity index is 1.45. The van der Waals surface area contributed by atoms with Gasteiger partial charge < -0.3 is 15.2 Å². The molecule has 1 amide bonds. The number of amides is 1. The molecule has 1 saturated carbocycles. The van der Waals surface area contributed by atoms with Crippen LogP contribution in [0.15, 0.2) is 36.4 Å². The average Bonchev–Trinajstić information content (AvgIpc) is 3.38. The van der Waals surface area contributed by atoms with Gasteiger partial charge in [-0.2, -0.15) is 10.4 Å². The number of fused-ring (bicyclic) bond motifs is 3. The molecule has 2 aromatic carbocycles. The summed E-state index contributed by atoms with van der Waals surface area (Å²) in [7, 11) is 1.58. The predicted molar refractivity (Wildman–Crippen MR) is 119 cm³/mol. The number of nitriles is 1. The topological polar surface area (TPSA) is 111 Å². The number of carbonyl (C=O) groups excluding carboxylic acids is 1. The monoisotopic (exact) mass is 428 g/mol. The Labute approximate surface area is 186 Å².